The number of H-pyrrole nitrogens is 1. The third-order valence-electron chi connectivity index (χ3n) is 8.03. The summed E-state index contributed by atoms with van der Waals surface area (Å²) < 4.78 is 20.3. The summed E-state index contributed by atoms with van der Waals surface area (Å²) in [6, 6.07) is 27.6. The molecule has 3 atom stereocenters. The normalized spacial score (nSPS) is 18.4. The van der Waals surface area contributed by atoms with Crippen LogP contribution in [0.25, 0.3) is 11.2 Å². The summed E-state index contributed by atoms with van der Waals surface area (Å²) in [4.78, 5) is 36.2. The number of aromatic amines is 1. The van der Waals surface area contributed by atoms with E-state index in [0.29, 0.717) is 0 Å². The Kier molecular flexibility index (Phi) is 8.48. The van der Waals surface area contributed by atoms with Gasteiger partial charge in [0.1, 0.15) is 23.7 Å². The summed E-state index contributed by atoms with van der Waals surface area (Å²) in [5.74, 6) is 0.145. The summed E-state index contributed by atoms with van der Waals surface area (Å²) in [5.41, 5.74) is 1.50. The minimum Gasteiger partial charge on any atom is -0.497 e. The maximum atomic E-state index is 12.7. The van der Waals surface area contributed by atoms with Crippen molar-refractivity contribution < 1.29 is 24.1 Å². The summed E-state index contributed by atoms with van der Waals surface area (Å²) in [7, 11) is 1.63. The number of carbonyl (C=O) groups is 1. The topological polar surface area (TPSA) is 141 Å². The first-order valence-electron chi connectivity index (χ1n) is 14.8. The van der Waals surface area contributed by atoms with Crippen molar-refractivity contribution in [1.82, 2.24) is 19.5 Å². The zero-order valence-electron chi connectivity index (χ0n) is 25.2. The Hall–Kier alpha value is -4.84. The van der Waals surface area contributed by atoms with E-state index in [-0.39, 0.29) is 42.0 Å². The predicted molar refractivity (Wildman–Crippen MR) is 168 cm³/mol. The minimum atomic E-state index is -1.03. The molecule has 0 unspecified atom stereocenters. The highest BCUT2D eigenvalue weighted by atomic mass is 16.6. The highest BCUT2D eigenvalue weighted by Crippen LogP contribution is 2.42. The van der Waals surface area contributed by atoms with Gasteiger partial charge in [-0.15, -0.1) is 0 Å². The van der Waals surface area contributed by atoms with Crippen LogP contribution in [0.5, 0.6) is 5.75 Å². The van der Waals surface area contributed by atoms with E-state index >= 15 is 0 Å². The number of anilines is 1. The number of benzene rings is 3. The van der Waals surface area contributed by atoms with Crippen molar-refractivity contribution in [3.05, 3.63) is 118 Å². The third kappa shape index (κ3) is 5.85. The lowest BCUT2D eigenvalue weighted by molar-refractivity contribution is -0.118. The van der Waals surface area contributed by atoms with Crippen molar-refractivity contribution in [3.8, 4) is 5.75 Å². The van der Waals surface area contributed by atoms with Crippen LogP contribution in [0.15, 0.2) is 96.1 Å². The van der Waals surface area contributed by atoms with E-state index in [2.05, 4.69) is 20.3 Å². The Morgan fingerprint density at radius 1 is 1.04 bits per heavy atom. The number of carbonyl (C=O) groups excluding carboxylic acids is 1. The molecule has 1 saturated heterocycles. The Labute approximate surface area is 259 Å². The van der Waals surface area contributed by atoms with E-state index in [0.717, 1.165) is 22.4 Å². The van der Waals surface area contributed by atoms with E-state index in [1.54, 1.807) is 25.5 Å². The molecule has 11 nitrogen and oxygen atoms in total. The lowest BCUT2D eigenvalue weighted by Gasteiger charge is -2.37. The van der Waals surface area contributed by atoms with Gasteiger partial charge in [0, 0.05) is 12.3 Å². The van der Waals surface area contributed by atoms with Crippen LogP contribution in [-0.2, 0) is 19.9 Å². The van der Waals surface area contributed by atoms with Gasteiger partial charge in [-0.2, -0.15) is 4.98 Å². The first kappa shape index (κ1) is 30.2. The van der Waals surface area contributed by atoms with Crippen molar-refractivity contribution in [1.29, 1.82) is 0 Å². The molecule has 0 bridgehead atoms. The van der Waals surface area contributed by atoms with Gasteiger partial charge in [0.15, 0.2) is 11.2 Å². The first-order valence-corrected chi connectivity index (χ1v) is 14.8. The van der Waals surface area contributed by atoms with Crippen LogP contribution in [0.2, 0.25) is 0 Å². The second-order valence-electron chi connectivity index (χ2n) is 11.3. The molecule has 11 heteroatoms. The summed E-state index contributed by atoms with van der Waals surface area (Å²) in [5, 5.41) is 13.8. The van der Waals surface area contributed by atoms with E-state index in [4.69, 9.17) is 14.2 Å². The van der Waals surface area contributed by atoms with Crippen LogP contribution in [-0.4, -0.2) is 56.5 Å². The zero-order chi connectivity index (χ0) is 31.6. The van der Waals surface area contributed by atoms with Gasteiger partial charge in [-0.3, -0.25) is 24.5 Å². The number of amides is 1. The van der Waals surface area contributed by atoms with Crippen molar-refractivity contribution in [2.45, 2.75) is 44.3 Å². The van der Waals surface area contributed by atoms with Gasteiger partial charge < -0.3 is 19.3 Å². The number of nitrogens with one attached hydrogen (secondary N) is 2. The fourth-order valence-electron chi connectivity index (χ4n) is 5.62. The molecule has 5 aromatic rings. The van der Waals surface area contributed by atoms with Gasteiger partial charge in [-0.1, -0.05) is 86.6 Å². The van der Waals surface area contributed by atoms with Crippen LogP contribution in [0.4, 0.5) is 5.95 Å². The molecule has 1 amide bonds. The number of hydrogen-bond acceptors (Lipinski definition) is 8. The fraction of sp³-hybridized carbons (Fsp3) is 0.294. The molecule has 0 spiro atoms. The highest BCUT2D eigenvalue weighted by Gasteiger charge is 2.42. The molecule has 0 radical (unpaired) electrons. The maximum absolute atomic E-state index is 12.7. The molecule has 45 heavy (non-hydrogen) atoms. The van der Waals surface area contributed by atoms with Gasteiger partial charge in [-0.05, 0) is 28.8 Å². The number of rotatable bonds is 10. The largest absolute Gasteiger partial charge is 0.497 e. The Balaban J connectivity index is 1.32. The summed E-state index contributed by atoms with van der Waals surface area (Å²) in [6.07, 6.45) is -0.593. The molecule has 3 heterocycles. The number of imidazole rings is 1. The standard InChI is InChI=1S/C34H35N5O6/c1-21(2)31(41)37-33-36-30-29(32(42)38-33)35-20-39(30)28-18-26(40)27(45-28)19-44-34(22-10-6-4-7-11-22,23-12-8-5-9-13-23)24-14-16-25(43-3)17-15-24/h4-17,20-21,26-28,40H,18-19H2,1-3H3,(H2,36,37,38,41,42)/t26-,27+,28+/m0/s1. The Bertz CT molecular complexity index is 1780. The molecule has 1 fully saturated rings. The second-order valence-corrected chi connectivity index (χ2v) is 11.3. The number of aliphatic hydroxyl groups excluding tert-OH is 1. The van der Waals surface area contributed by atoms with E-state index in [9.17, 15) is 14.7 Å². The SMILES string of the molecule is COc1ccc(C(OC[C@H]2O[C@@H](n3cnc4c(=O)[nH]c(NC(=O)C(C)C)nc43)C[C@@H]2O)(c2ccccc2)c2ccccc2)cc1. The molecule has 0 saturated carbocycles. The predicted octanol–water partition coefficient (Wildman–Crippen LogP) is 4.38. The summed E-state index contributed by atoms with van der Waals surface area (Å²) in [6.45, 7) is 3.53. The van der Waals surface area contributed by atoms with Crippen LogP contribution < -0.4 is 15.6 Å². The zero-order valence-corrected chi connectivity index (χ0v) is 25.2. The molecule has 0 aliphatic carbocycles. The average Bonchev–Trinajstić information content (AvgIpc) is 3.66. The number of nitrogens with zero attached hydrogens (tertiary/aromatic N) is 3. The van der Waals surface area contributed by atoms with Crippen LogP contribution >= 0.6 is 0 Å². The number of ether oxygens (including phenoxy) is 3. The monoisotopic (exact) mass is 609 g/mol. The molecule has 3 aromatic carbocycles. The van der Waals surface area contributed by atoms with Gasteiger partial charge in [-0.25, -0.2) is 4.98 Å². The molecular weight excluding hydrogens is 574 g/mol. The molecule has 6 rings (SSSR count). The Morgan fingerprint density at radius 2 is 1.67 bits per heavy atom. The molecule has 232 valence electrons. The average molecular weight is 610 g/mol. The van der Waals surface area contributed by atoms with Crippen molar-refractivity contribution >= 4 is 23.0 Å². The van der Waals surface area contributed by atoms with E-state index < -0.39 is 29.6 Å². The van der Waals surface area contributed by atoms with Crippen molar-refractivity contribution in [2.75, 3.05) is 19.0 Å². The van der Waals surface area contributed by atoms with E-state index in [1.165, 1.54) is 6.33 Å². The van der Waals surface area contributed by atoms with Crippen LogP contribution in [0.1, 0.15) is 43.2 Å². The van der Waals surface area contributed by atoms with Gasteiger partial charge in [0.25, 0.3) is 5.56 Å². The lowest BCUT2D eigenvalue weighted by atomic mass is 9.80. The molecule has 1 aliphatic rings. The molecule has 1 aliphatic heterocycles. The van der Waals surface area contributed by atoms with Crippen LogP contribution in [0.3, 0.4) is 0 Å². The minimum absolute atomic E-state index is 0.0152. The number of methoxy groups -OCH3 is 1. The Morgan fingerprint density at radius 3 is 2.27 bits per heavy atom. The van der Waals surface area contributed by atoms with Gasteiger partial charge in [0.05, 0.1) is 26.1 Å². The van der Waals surface area contributed by atoms with Crippen molar-refractivity contribution in [3.63, 3.8) is 0 Å². The number of fused-ring (bicyclic) bond motifs is 1. The van der Waals surface area contributed by atoms with Crippen LogP contribution in [0, 0.1) is 5.92 Å². The number of aliphatic hydroxyl groups is 1. The lowest BCUT2D eigenvalue weighted by Crippen LogP contribution is -2.38. The van der Waals surface area contributed by atoms with Gasteiger partial charge >= 0.3 is 0 Å². The maximum Gasteiger partial charge on any atom is 0.280 e. The highest BCUT2D eigenvalue weighted by molar-refractivity contribution is 5.91. The quantitative estimate of drug-likeness (QED) is 0.198. The van der Waals surface area contributed by atoms with E-state index in [1.807, 2.05) is 84.9 Å². The molecule has 2 aromatic heterocycles. The third-order valence-corrected chi connectivity index (χ3v) is 8.03. The number of aromatic nitrogens is 4. The summed E-state index contributed by atoms with van der Waals surface area (Å²) >= 11 is 0. The smallest absolute Gasteiger partial charge is 0.280 e. The van der Waals surface area contributed by atoms with Crippen molar-refractivity contribution in [2.24, 2.45) is 5.92 Å². The molecule has 3 N–H and O–H groups in total. The number of hydrogen-bond donors (Lipinski definition) is 3. The molecular formula is C34H35N5O6. The second kappa shape index (κ2) is 12.6. The fourth-order valence-corrected chi connectivity index (χ4v) is 5.62. The van der Waals surface area contributed by atoms with Gasteiger partial charge in [0.2, 0.25) is 11.9 Å². The first-order chi connectivity index (χ1) is 21.8.